The number of carbonyl (C=O) groups excluding carboxylic acids is 1. The van der Waals surface area contributed by atoms with E-state index >= 15 is 0 Å². The molecule has 0 radical (unpaired) electrons. The van der Waals surface area contributed by atoms with E-state index in [1.165, 1.54) is 0 Å². The third-order valence-electron chi connectivity index (χ3n) is 4.42. The Kier molecular flexibility index (Phi) is 5.70. The summed E-state index contributed by atoms with van der Waals surface area (Å²) in [6.45, 7) is 5.30. The van der Waals surface area contributed by atoms with E-state index in [1.54, 1.807) is 6.20 Å². The molecule has 7 heteroatoms. The molecule has 3 rings (SSSR count). The Morgan fingerprint density at radius 2 is 2.04 bits per heavy atom. The summed E-state index contributed by atoms with van der Waals surface area (Å²) >= 11 is 6.17. The number of amides is 2. The molecule has 1 aromatic heterocycles. The maximum absolute atomic E-state index is 12.2. The van der Waals surface area contributed by atoms with Gasteiger partial charge in [0.2, 0.25) is 0 Å². The minimum absolute atomic E-state index is 0.0412. The van der Waals surface area contributed by atoms with Gasteiger partial charge >= 0.3 is 6.03 Å². The number of rotatable bonds is 3. The number of carbonyl (C=O) groups is 1. The van der Waals surface area contributed by atoms with E-state index < -0.39 is 0 Å². The summed E-state index contributed by atoms with van der Waals surface area (Å²) < 4.78 is 5.28. The van der Waals surface area contributed by atoms with Crippen molar-refractivity contribution in [2.75, 3.05) is 39.4 Å². The summed E-state index contributed by atoms with van der Waals surface area (Å²) in [7, 11) is 0. The minimum atomic E-state index is 0.0412. The van der Waals surface area contributed by atoms with Crippen molar-refractivity contribution in [3.05, 3.63) is 29.0 Å². The van der Waals surface area contributed by atoms with Gasteiger partial charge in [0.25, 0.3) is 0 Å². The number of hydrogen-bond donors (Lipinski definition) is 1. The summed E-state index contributed by atoms with van der Waals surface area (Å²) in [5.41, 5.74) is 0.921. The first kappa shape index (κ1) is 16.5. The lowest BCUT2D eigenvalue weighted by Gasteiger charge is -2.34. The fourth-order valence-electron chi connectivity index (χ4n) is 3.01. The van der Waals surface area contributed by atoms with Crippen molar-refractivity contribution in [1.29, 1.82) is 0 Å². The number of likely N-dealkylation sites (tertiary alicyclic amines) is 1. The lowest BCUT2D eigenvalue weighted by molar-refractivity contribution is 0.0516. The van der Waals surface area contributed by atoms with Crippen LogP contribution in [0.25, 0.3) is 0 Å². The molecule has 6 nitrogen and oxygen atoms in total. The van der Waals surface area contributed by atoms with Gasteiger partial charge in [-0.2, -0.15) is 0 Å². The van der Waals surface area contributed by atoms with Crippen molar-refractivity contribution in [2.45, 2.75) is 25.4 Å². The third kappa shape index (κ3) is 4.56. The summed E-state index contributed by atoms with van der Waals surface area (Å²) in [6.07, 6.45) is 3.69. The Balaban J connectivity index is 1.43. The van der Waals surface area contributed by atoms with Crippen LogP contribution < -0.4 is 5.32 Å². The number of halogens is 1. The van der Waals surface area contributed by atoms with Gasteiger partial charge in [0.05, 0.1) is 23.9 Å². The zero-order chi connectivity index (χ0) is 16.1. The van der Waals surface area contributed by atoms with E-state index in [9.17, 15) is 4.79 Å². The number of urea groups is 1. The van der Waals surface area contributed by atoms with Gasteiger partial charge in [-0.05, 0) is 25.0 Å². The Morgan fingerprint density at radius 3 is 2.74 bits per heavy atom. The van der Waals surface area contributed by atoms with E-state index in [1.807, 2.05) is 17.0 Å². The number of hydrogen-bond acceptors (Lipinski definition) is 4. The summed E-state index contributed by atoms with van der Waals surface area (Å²) in [5, 5.41) is 3.87. The predicted molar refractivity (Wildman–Crippen MR) is 88.5 cm³/mol. The highest BCUT2D eigenvalue weighted by molar-refractivity contribution is 6.31. The molecule has 0 bridgehead atoms. The normalized spacial score (nSPS) is 20.5. The molecular formula is C16H23ClN4O2. The van der Waals surface area contributed by atoms with Crippen molar-refractivity contribution >= 4 is 17.6 Å². The van der Waals surface area contributed by atoms with Crippen LogP contribution in [0.4, 0.5) is 4.79 Å². The van der Waals surface area contributed by atoms with Gasteiger partial charge in [-0.25, -0.2) is 4.79 Å². The van der Waals surface area contributed by atoms with Crippen molar-refractivity contribution in [3.8, 4) is 0 Å². The molecule has 126 valence electrons. The van der Waals surface area contributed by atoms with Crippen LogP contribution in [0.15, 0.2) is 18.3 Å². The number of morpholine rings is 1. The molecule has 3 heterocycles. The molecular weight excluding hydrogens is 316 g/mol. The smallest absolute Gasteiger partial charge is 0.317 e. The predicted octanol–water partition coefficient (Wildman–Crippen LogP) is 1.74. The SMILES string of the molecule is O=C(NC1CCN(Cc2ncccc2Cl)CC1)N1CCOCC1. The molecule has 2 fully saturated rings. The van der Waals surface area contributed by atoms with Crippen LogP contribution in [-0.4, -0.2) is 66.2 Å². The van der Waals surface area contributed by atoms with Gasteiger partial charge in [0.1, 0.15) is 0 Å². The molecule has 0 aliphatic carbocycles. The van der Waals surface area contributed by atoms with E-state index in [2.05, 4.69) is 15.2 Å². The standard InChI is InChI=1S/C16H23ClN4O2/c17-14-2-1-5-18-15(14)12-20-6-3-13(4-7-20)19-16(22)21-8-10-23-11-9-21/h1-2,5,13H,3-4,6-12H2,(H,19,22). The Hall–Kier alpha value is -1.37. The topological polar surface area (TPSA) is 57.7 Å². The maximum Gasteiger partial charge on any atom is 0.317 e. The average Bonchev–Trinajstić information content (AvgIpc) is 2.59. The van der Waals surface area contributed by atoms with Crippen LogP contribution in [0.2, 0.25) is 5.02 Å². The molecule has 23 heavy (non-hydrogen) atoms. The molecule has 2 saturated heterocycles. The van der Waals surface area contributed by atoms with Gasteiger partial charge in [0.15, 0.2) is 0 Å². The van der Waals surface area contributed by atoms with Gasteiger partial charge in [0, 0.05) is 45.0 Å². The van der Waals surface area contributed by atoms with Crippen molar-refractivity contribution in [1.82, 2.24) is 20.1 Å². The Morgan fingerprint density at radius 1 is 1.30 bits per heavy atom. The lowest BCUT2D eigenvalue weighted by atomic mass is 10.0. The van der Waals surface area contributed by atoms with E-state index in [4.69, 9.17) is 16.3 Å². The molecule has 0 aromatic carbocycles. The molecule has 0 unspecified atom stereocenters. The van der Waals surface area contributed by atoms with Crippen molar-refractivity contribution in [2.24, 2.45) is 0 Å². The van der Waals surface area contributed by atoms with Crippen molar-refractivity contribution < 1.29 is 9.53 Å². The Bertz CT molecular complexity index is 529. The third-order valence-corrected chi connectivity index (χ3v) is 4.77. The average molecular weight is 339 g/mol. The molecule has 2 amide bonds. The largest absolute Gasteiger partial charge is 0.378 e. The fourth-order valence-corrected chi connectivity index (χ4v) is 3.20. The summed E-state index contributed by atoms with van der Waals surface area (Å²) in [5.74, 6) is 0. The van der Waals surface area contributed by atoms with Crippen LogP contribution in [-0.2, 0) is 11.3 Å². The zero-order valence-corrected chi connectivity index (χ0v) is 14.0. The molecule has 1 N–H and O–H groups in total. The highest BCUT2D eigenvalue weighted by Crippen LogP contribution is 2.18. The first-order valence-corrected chi connectivity index (χ1v) is 8.55. The number of aromatic nitrogens is 1. The quantitative estimate of drug-likeness (QED) is 0.912. The van der Waals surface area contributed by atoms with Gasteiger partial charge in [-0.1, -0.05) is 11.6 Å². The highest BCUT2D eigenvalue weighted by Gasteiger charge is 2.24. The lowest BCUT2D eigenvalue weighted by Crippen LogP contribution is -2.51. The van der Waals surface area contributed by atoms with Crippen LogP contribution >= 0.6 is 11.6 Å². The monoisotopic (exact) mass is 338 g/mol. The first-order valence-electron chi connectivity index (χ1n) is 8.17. The first-order chi connectivity index (χ1) is 11.2. The second-order valence-corrected chi connectivity index (χ2v) is 6.44. The molecule has 0 spiro atoms. The van der Waals surface area contributed by atoms with E-state index in [-0.39, 0.29) is 12.1 Å². The minimum Gasteiger partial charge on any atom is -0.378 e. The van der Waals surface area contributed by atoms with Crippen LogP contribution in [0.3, 0.4) is 0 Å². The maximum atomic E-state index is 12.2. The van der Waals surface area contributed by atoms with Crippen LogP contribution in [0, 0.1) is 0 Å². The Labute approximate surface area is 141 Å². The number of ether oxygens (including phenoxy) is 1. The molecule has 0 atom stereocenters. The number of pyridine rings is 1. The van der Waals surface area contributed by atoms with E-state index in [0.29, 0.717) is 26.3 Å². The molecule has 1 aromatic rings. The van der Waals surface area contributed by atoms with Crippen LogP contribution in [0.1, 0.15) is 18.5 Å². The number of piperidine rings is 1. The number of nitrogens with zero attached hydrogens (tertiary/aromatic N) is 3. The second kappa shape index (κ2) is 7.95. The molecule has 2 aliphatic heterocycles. The highest BCUT2D eigenvalue weighted by atomic mass is 35.5. The second-order valence-electron chi connectivity index (χ2n) is 6.03. The van der Waals surface area contributed by atoms with Gasteiger partial charge < -0.3 is 15.0 Å². The summed E-state index contributed by atoms with van der Waals surface area (Å²) in [6, 6.07) is 4.01. The van der Waals surface area contributed by atoms with Crippen LogP contribution in [0.5, 0.6) is 0 Å². The molecule has 2 aliphatic rings. The number of nitrogens with one attached hydrogen (secondary N) is 1. The van der Waals surface area contributed by atoms with Gasteiger partial charge in [-0.3, -0.25) is 9.88 Å². The molecule has 0 saturated carbocycles. The van der Waals surface area contributed by atoms with Crippen molar-refractivity contribution in [3.63, 3.8) is 0 Å². The summed E-state index contributed by atoms with van der Waals surface area (Å²) in [4.78, 5) is 20.7. The zero-order valence-electron chi connectivity index (χ0n) is 13.2. The van der Waals surface area contributed by atoms with Gasteiger partial charge in [-0.15, -0.1) is 0 Å². The fraction of sp³-hybridized carbons (Fsp3) is 0.625. The van der Waals surface area contributed by atoms with E-state index in [0.717, 1.165) is 43.2 Å².